The summed E-state index contributed by atoms with van der Waals surface area (Å²) in [5.41, 5.74) is 1.09. The summed E-state index contributed by atoms with van der Waals surface area (Å²) in [6.45, 7) is 2.14. The zero-order valence-corrected chi connectivity index (χ0v) is 12.1. The fourth-order valence-corrected chi connectivity index (χ4v) is 3.69. The average molecular weight is 318 g/mol. The number of thiophene rings is 1. The molecule has 0 spiro atoms. The van der Waals surface area contributed by atoms with Crippen LogP contribution < -0.4 is 5.32 Å². The number of hydrogen-bond acceptors (Lipinski definition) is 3. The summed E-state index contributed by atoms with van der Waals surface area (Å²) >= 11 is 4.88. The molecule has 1 heterocycles. The second-order valence-electron chi connectivity index (χ2n) is 4.52. The Hall–Kier alpha value is -0.390. The van der Waals surface area contributed by atoms with Crippen molar-refractivity contribution >= 4 is 33.2 Å². The highest BCUT2D eigenvalue weighted by Crippen LogP contribution is 2.29. The minimum Gasteiger partial charge on any atom is -0.396 e. The maximum Gasteiger partial charge on any atom is 0.261 e. The highest BCUT2D eigenvalue weighted by Gasteiger charge is 2.28. The number of aryl methyl sites for hydroxylation is 1. The van der Waals surface area contributed by atoms with Crippen molar-refractivity contribution in [3.8, 4) is 0 Å². The van der Waals surface area contributed by atoms with Crippen LogP contribution in [-0.2, 0) is 0 Å². The third-order valence-electron chi connectivity index (χ3n) is 3.29. The van der Waals surface area contributed by atoms with Crippen molar-refractivity contribution in [1.82, 2.24) is 5.32 Å². The van der Waals surface area contributed by atoms with E-state index in [1.165, 1.54) is 11.3 Å². The van der Waals surface area contributed by atoms with E-state index in [-0.39, 0.29) is 24.5 Å². The van der Waals surface area contributed by atoms with Gasteiger partial charge in [0.05, 0.1) is 8.66 Å². The Morgan fingerprint density at radius 1 is 1.65 bits per heavy atom. The van der Waals surface area contributed by atoms with Crippen molar-refractivity contribution in [2.45, 2.75) is 32.2 Å². The molecule has 0 saturated heterocycles. The van der Waals surface area contributed by atoms with Crippen LogP contribution in [0.4, 0.5) is 0 Å². The van der Waals surface area contributed by atoms with Crippen LogP contribution in [0.15, 0.2) is 9.85 Å². The molecular weight excluding hydrogens is 302 g/mol. The predicted octanol–water partition coefficient (Wildman–Crippen LogP) is 2.71. The number of aliphatic hydroxyl groups excluding tert-OH is 1. The maximum atomic E-state index is 12.0. The number of rotatable bonds is 3. The number of halogens is 1. The topological polar surface area (TPSA) is 49.3 Å². The van der Waals surface area contributed by atoms with E-state index >= 15 is 0 Å². The predicted molar refractivity (Wildman–Crippen MR) is 72.4 cm³/mol. The van der Waals surface area contributed by atoms with Crippen molar-refractivity contribution in [2.24, 2.45) is 5.92 Å². The maximum absolute atomic E-state index is 12.0. The number of carbonyl (C=O) groups is 1. The van der Waals surface area contributed by atoms with Gasteiger partial charge in [-0.3, -0.25) is 4.79 Å². The number of carbonyl (C=O) groups excluding carboxylic acids is 1. The second kappa shape index (κ2) is 5.50. The molecule has 1 amide bonds. The number of nitrogens with one attached hydrogen (secondary N) is 1. The first-order valence-electron chi connectivity index (χ1n) is 5.79. The van der Waals surface area contributed by atoms with Crippen LogP contribution in [0.25, 0.3) is 0 Å². The quantitative estimate of drug-likeness (QED) is 0.900. The SMILES string of the molecule is Cc1cc(C(=O)NC2CCCC2CO)sc1Br. The lowest BCUT2D eigenvalue weighted by molar-refractivity contribution is 0.0920. The van der Waals surface area contributed by atoms with Gasteiger partial charge in [-0.15, -0.1) is 11.3 Å². The molecule has 0 aromatic carbocycles. The van der Waals surface area contributed by atoms with Crippen LogP contribution in [0, 0.1) is 12.8 Å². The number of amides is 1. The minimum absolute atomic E-state index is 0.0193. The third-order valence-corrected chi connectivity index (χ3v) is 5.43. The molecule has 5 heteroatoms. The monoisotopic (exact) mass is 317 g/mol. The summed E-state index contributed by atoms with van der Waals surface area (Å²) in [6, 6.07) is 2.03. The summed E-state index contributed by atoms with van der Waals surface area (Å²) in [4.78, 5) is 12.8. The van der Waals surface area contributed by atoms with Crippen molar-refractivity contribution in [3.63, 3.8) is 0 Å². The Balaban J connectivity index is 2.01. The van der Waals surface area contributed by atoms with E-state index in [1.54, 1.807) is 0 Å². The molecule has 0 bridgehead atoms. The van der Waals surface area contributed by atoms with Crippen molar-refractivity contribution in [1.29, 1.82) is 0 Å². The Morgan fingerprint density at radius 2 is 2.41 bits per heavy atom. The van der Waals surface area contributed by atoms with Gasteiger partial charge in [-0.1, -0.05) is 6.42 Å². The summed E-state index contributed by atoms with van der Waals surface area (Å²) in [7, 11) is 0. The zero-order valence-electron chi connectivity index (χ0n) is 9.70. The van der Waals surface area contributed by atoms with Crippen molar-refractivity contribution < 1.29 is 9.90 Å². The first kappa shape index (κ1) is 13.1. The van der Waals surface area contributed by atoms with E-state index in [0.29, 0.717) is 0 Å². The molecule has 0 aliphatic heterocycles. The first-order chi connectivity index (χ1) is 8.11. The van der Waals surface area contributed by atoms with Gasteiger partial charge in [0.1, 0.15) is 0 Å². The van der Waals surface area contributed by atoms with Gasteiger partial charge in [-0.25, -0.2) is 0 Å². The van der Waals surface area contributed by atoms with E-state index < -0.39 is 0 Å². The molecule has 2 atom stereocenters. The fourth-order valence-electron chi connectivity index (χ4n) is 2.26. The second-order valence-corrected chi connectivity index (χ2v) is 6.89. The molecule has 1 saturated carbocycles. The molecule has 94 valence electrons. The van der Waals surface area contributed by atoms with Crippen LogP contribution in [-0.4, -0.2) is 23.7 Å². The highest BCUT2D eigenvalue weighted by atomic mass is 79.9. The molecule has 17 heavy (non-hydrogen) atoms. The molecular formula is C12H16BrNO2S. The Morgan fingerprint density at radius 3 is 3.00 bits per heavy atom. The van der Waals surface area contributed by atoms with E-state index in [2.05, 4.69) is 21.2 Å². The van der Waals surface area contributed by atoms with Crippen LogP contribution in [0.1, 0.15) is 34.5 Å². The summed E-state index contributed by atoms with van der Waals surface area (Å²) in [6.07, 6.45) is 3.07. The molecule has 0 radical (unpaired) electrons. The molecule has 1 fully saturated rings. The first-order valence-corrected chi connectivity index (χ1v) is 7.40. The Labute approximate surface area is 113 Å². The van der Waals surface area contributed by atoms with E-state index in [4.69, 9.17) is 0 Å². The van der Waals surface area contributed by atoms with Gasteiger partial charge in [0, 0.05) is 18.6 Å². The fraction of sp³-hybridized carbons (Fsp3) is 0.583. The standard InChI is InChI=1S/C12H16BrNO2S/c1-7-5-10(17-11(7)13)12(16)14-9-4-2-3-8(9)6-15/h5,8-9,15H,2-4,6H2,1H3,(H,14,16). The normalized spacial score (nSPS) is 23.9. The van der Waals surface area contributed by atoms with Crippen molar-refractivity contribution in [3.05, 3.63) is 20.3 Å². The summed E-state index contributed by atoms with van der Waals surface area (Å²) in [5, 5.41) is 12.2. The molecule has 1 aliphatic carbocycles. The summed E-state index contributed by atoms with van der Waals surface area (Å²) < 4.78 is 1.01. The largest absolute Gasteiger partial charge is 0.396 e. The summed E-state index contributed by atoms with van der Waals surface area (Å²) in [5.74, 6) is 0.206. The van der Waals surface area contributed by atoms with Crippen LogP contribution in [0.5, 0.6) is 0 Å². The van der Waals surface area contributed by atoms with Crippen molar-refractivity contribution in [2.75, 3.05) is 6.61 Å². The number of hydrogen-bond donors (Lipinski definition) is 2. The Kier molecular flexibility index (Phi) is 4.22. The van der Waals surface area contributed by atoms with E-state index in [9.17, 15) is 9.90 Å². The zero-order chi connectivity index (χ0) is 12.4. The van der Waals surface area contributed by atoms with Gasteiger partial charge in [-0.2, -0.15) is 0 Å². The van der Waals surface area contributed by atoms with E-state index in [1.807, 2.05) is 13.0 Å². The average Bonchev–Trinajstić information content (AvgIpc) is 2.86. The molecule has 1 aliphatic rings. The van der Waals surface area contributed by atoms with Crippen LogP contribution in [0.2, 0.25) is 0 Å². The Bertz CT molecular complexity index is 399. The smallest absolute Gasteiger partial charge is 0.261 e. The van der Waals surface area contributed by atoms with Crippen LogP contribution >= 0.6 is 27.3 Å². The molecule has 1 aromatic heterocycles. The molecule has 2 N–H and O–H groups in total. The van der Waals surface area contributed by atoms with Gasteiger partial charge in [0.15, 0.2) is 0 Å². The minimum atomic E-state index is -0.0193. The lowest BCUT2D eigenvalue weighted by Crippen LogP contribution is -2.38. The molecule has 1 aromatic rings. The van der Waals surface area contributed by atoms with Gasteiger partial charge < -0.3 is 10.4 Å². The van der Waals surface area contributed by atoms with Gasteiger partial charge in [0.25, 0.3) is 5.91 Å². The van der Waals surface area contributed by atoms with E-state index in [0.717, 1.165) is 33.5 Å². The lowest BCUT2D eigenvalue weighted by atomic mass is 10.1. The van der Waals surface area contributed by atoms with Crippen LogP contribution in [0.3, 0.4) is 0 Å². The van der Waals surface area contributed by atoms with Gasteiger partial charge in [0.2, 0.25) is 0 Å². The van der Waals surface area contributed by atoms with Gasteiger partial charge in [-0.05, 0) is 47.3 Å². The molecule has 2 unspecified atom stereocenters. The van der Waals surface area contributed by atoms with Gasteiger partial charge >= 0.3 is 0 Å². The third kappa shape index (κ3) is 2.89. The number of aliphatic hydroxyl groups is 1. The molecule has 3 nitrogen and oxygen atoms in total. The molecule has 2 rings (SSSR count). The lowest BCUT2D eigenvalue weighted by Gasteiger charge is -2.18. The highest BCUT2D eigenvalue weighted by molar-refractivity contribution is 9.11.